The molecule has 0 aromatic heterocycles. The van der Waals surface area contributed by atoms with Gasteiger partial charge in [-0.05, 0) is 42.2 Å². The normalized spacial score (nSPS) is 15.4. The standard InChI is InChI=1S/C17H21FO2/c1-17(2,13-7-5-6-8-14(13)18)12-9-10-15(19-3)16(11-12)20-4/h6,8-11H,5,7H2,1-4H3. The number of rotatable bonds is 4. The van der Waals surface area contributed by atoms with Crippen LogP contribution in [0.15, 0.2) is 41.8 Å². The van der Waals surface area contributed by atoms with Crippen LogP contribution in [-0.2, 0) is 5.41 Å². The summed E-state index contributed by atoms with van der Waals surface area (Å²) in [6.07, 6.45) is 5.09. The lowest BCUT2D eigenvalue weighted by Gasteiger charge is -2.31. The van der Waals surface area contributed by atoms with Gasteiger partial charge in [0.25, 0.3) is 0 Å². The zero-order valence-electron chi connectivity index (χ0n) is 12.5. The van der Waals surface area contributed by atoms with Gasteiger partial charge in [-0.2, -0.15) is 0 Å². The summed E-state index contributed by atoms with van der Waals surface area (Å²) in [6, 6.07) is 5.77. The molecule has 0 aliphatic heterocycles. The number of benzene rings is 1. The van der Waals surface area contributed by atoms with Crippen molar-refractivity contribution < 1.29 is 13.9 Å². The van der Waals surface area contributed by atoms with E-state index < -0.39 is 0 Å². The van der Waals surface area contributed by atoms with Gasteiger partial charge in [0.05, 0.1) is 14.2 Å². The van der Waals surface area contributed by atoms with Crippen LogP contribution < -0.4 is 9.47 Å². The molecule has 1 aliphatic rings. The van der Waals surface area contributed by atoms with Gasteiger partial charge in [-0.25, -0.2) is 4.39 Å². The number of halogens is 1. The van der Waals surface area contributed by atoms with Gasteiger partial charge in [0.15, 0.2) is 11.5 Å². The van der Waals surface area contributed by atoms with Crippen LogP contribution in [0.4, 0.5) is 4.39 Å². The van der Waals surface area contributed by atoms with Crippen molar-refractivity contribution in [2.24, 2.45) is 0 Å². The van der Waals surface area contributed by atoms with Crippen LogP contribution >= 0.6 is 0 Å². The Morgan fingerprint density at radius 1 is 1.10 bits per heavy atom. The second-order valence-electron chi connectivity index (χ2n) is 5.46. The Morgan fingerprint density at radius 2 is 1.80 bits per heavy atom. The van der Waals surface area contributed by atoms with Gasteiger partial charge in [0, 0.05) is 5.41 Å². The summed E-state index contributed by atoms with van der Waals surface area (Å²) in [4.78, 5) is 0. The minimum atomic E-state index is -0.367. The predicted octanol–water partition coefficient (Wildman–Crippen LogP) is 4.56. The van der Waals surface area contributed by atoms with Crippen molar-refractivity contribution in [2.45, 2.75) is 32.1 Å². The molecule has 2 nitrogen and oxygen atoms in total. The fourth-order valence-electron chi connectivity index (χ4n) is 2.64. The Hall–Kier alpha value is -1.77. The lowest BCUT2D eigenvalue weighted by atomic mass is 9.74. The third-order valence-corrected chi connectivity index (χ3v) is 3.97. The number of ether oxygens (including phenoxy) is 2. The molecule has 0 bridgehead atoms. The Bertz CT molecular complexity index is 556. The Kier molecular flexibility index (Phi) is 4.17. The lowest BCUT2D eigenvalue weighted by Crippen LogP contribution is -2.22. The van der Waals surface area contributed by atoms with E-state index in [2.05, 4.69) is 0 Å². The summed E-state index contributed by atoms with van der Waals surface area (Å²) in [5.41, 5.74) is 1.50. The highest BCUT2D eigenvalue weighted by atomic mass is 19.1. The SMILES string of the molecule is COc1ccc(C(C)(C)C2=C(F)C=CCC2)cc1OC. The maximum absolute atomic E-state index is 14.1. The third-order valence-electron chi connectivity index (χ3n) is 3.97. The highest BCUT2D eigenvalue weighted by molar-refractivity contribution is 5.48. The van der Waals surface area contributed by atoms with Crippen molar-refractivity contribution in [2.75, 3.05) is 14.2 Å². The first-order valence-corrected chi connectivity index (χ1v) is 6.79. The summed E-state index contributed by atoms with van der Waals surface area (Å²) in [6.45, 7) is 4.09. The average molecular weight is 276 g/mol. The molecule has 0 heterocycles. The molecule has 0 unspecified atom stereocenters. The monoisotopic (exact) mass is 276 g/mol. The van der Waals surface area contributed by atoms with Crippen molar-refractivity contribution in [3.8, 4) is 11.5 Å². The molecule has 1 aliphatic carbocycles. The van der Waals surface area contributed by atoms with Gasteiger partial charge in [0.1, 0.15) is 5.83 Å². The second-order valence-corrected chi connectivity index (χ2v) is 5.46. The molecule has 0 saturated heterocycles. The van der Waals surface area contributed by atoms with Crippen LogP contribution in [0, 0.1) is 0 Å². The molecule has 1 aromatic rings. The zero-order valence-corrected chi connectivity index (χ0v) is 12.5. The summed E-state index contributed by atoms with van der Waals surface area (Å²) < 4.78 is 24.7. The molecule has 0 N–H and O–H groups in total. The molecule has 0 atom stereocenters. The van der Waals surface area contributed by atoms with Crippen LogP contribution in [0.25, 0.3) is 0 Å². The Balaban J connectivity index is 2.46. The highest BCUT2D eigenvalue weighted by Crippen LogP contribution is 2.41. The average Bonchev–Trinajstić information content (AvgIpc) is 2.46. The zero-order chi connectivity index (χ0) is 14.8. The molecule has 20 heavy (non-hydrogen) atoms. The smallest absolute Gasteiger partial charge is 0.161 e. The van der Waals surface area contributed by atoms with Crippen LogP contribution in [0.3, 0.4) is 0 Å². The fraction of sp³-hybridized carbons (Fsp3) is 0.412. The molecule has 108 valence electrons. The van der Waals surface area contributed by atoms with E-state index in [4.69, 9.17) is 9.47 Å². The van der Waals surface area contributed by atoms with Gasteiger partial charge in [-0.3, -0.25) is 0 Å². The lowest BCUT2D eigenvalue weighted by molar-refractivity contribution is 0.353. The highest BCUT2D eigenvalue weighted by Gasteiger charge is 2.29. The van der Waals surface area contributed by atoms with E-state index in [-0.39, 0.29) is 11.2 Å². The van der Waals surface area contributed by atoms with E-state index >= 15 is 0 Å². The Morgan fingerprint density at radius 3 is 2.40 bits per heavy atom. The quantitative estimate of drug-likeness (QED) is 0.803. The molecule has 0 fully saturated rings. The van der Waals surface area contributed by atoms with Gasteiger partial charge in [0.2, 0.25) is 0 Å². The predicted molar refractivity (Wildman–Crippen MR) is 79.1 cm³/mol. The van der Waals surface area contributed by atoms with Crippen LogP contribution in [0.1, 0.15) is 32.3 Å². The molecule has 0 spiro atoms. The molecule has 0 radical (unpaired) electrons. The van der Waals surface area contributed by atoms with Gasteiger partial charge in [-0.1, -0.05) is 26.0 Å². The first-order valence-electron chi connectivity index (χ1n) is 6.79. The van der Waals surface area contributed by atoms with Crippen molar-refractivity contribution >= 4 is 0 Å². The van der Waals surface area contributed by atoms with Crippen LogP contribution in [0.5, 0.6) is 11.5 Å². The second kappa shape index (κ2) is 5.70. The van der Waals surface area contributed by atoms with Crippen LogP contribution in [0.2, 0.25) is 0 Å². The van der Waals surface area contributed by atoms with E-state index in [1.807, 2.05) is 38.1 Å². The van der Waals surface area contributed by atoms with Crippen molar-refractivity contribution in [1.29, 1.82) is 0 Å². The van der Waals surface area contributed by atoms with Gasteiger partial charge >= 0.3 is 0 Å². The number of methoxy groups -OCH3 is 2. The number of hydrogen-bond donors (Lipinski definition) is 0. The Labute approximate surface area is 119 Å². The van der Waals surface area contributed by atoms with E-state index in [1.165, 1.54) is 0 Å². The van der Waals surface area contributed by atoms with Crippen molar-refractivity contribution in [3.05, 3.63) is 47.3 Å². The molecular weight excluding hydrogens is 255 g/mol. The summed E-state index contributed by atoms with van der Waals surface area (Å²) in [5.74, 6) is 1.24. The number of allylic oxidation sites excluding steroid dienone is 4. The number of hydrogen-bond acceptors (Lipinski definition) is 2. The molecule has 3 heteroatoms. The molecule has 0 saturated carbocycles. The molecular formula is C17H21FO2. The fourth-order valence-corrected chi connectivity index (χ4v) is 2.64. The third kappa shape index (κ3) is 2.58. The maximum Gasteiger partial charge on any atom is 0.161 e. The van der Waals surface area contributed by atoms with Crippen molar-refractivity contribution in [1.82, 2.24) is 0 Å². The first-order chi connectivity index (χ1) is 9.50. The maximum atomic E-state index is 14.1. The summed E-state index contributed by atoms with van der Waals surface area (Å²) in [7, 11) is 3.22. The first kappa shape index (κ1) is 14.6. The van der Waals surface area contributed by atoms with Crippen LogP contribution in [-0.4, -0.2) is 14.2 Å². The topological polar surface area (TPSA) is 18.5 Å². The van der Waals surface area contributed by atoms with E-state index in [1.54, 1.807) is 20.3 Å². The largest absolute Gasteiger partial charge is 0.493 e. The van der Waals surface area contributed by atoms with Gasteiger partial charge in [-0.15, -0.1) is 0 Å². The van der Waals surface area contributed by atoms with E-state index in [0.717, 1.165) is 24.0 Å². The van der Waals surface area contributed by atoms with E-state index in [9.17, 15) is 4.39 Å². The van der Waals surface area contributed by atoms with E-state index in [0.29, 0.717) is 11.5 Å². The molecule has 0 amide bonds. The summed E-state index contributed by atoms with van der Waals surface area (Å²) in [5, 5.41) is 0. The molecule has 2 rings (SSSR count). The minimum absolute atomic E-state index is 0.115. The minimum Gasteiger partial charge on any atom is -0.493 e. The van der Waals surface area contributed by atoms with Crippen molar-refractivity contribution in [3.63, 3.8) is 0 Å². The molecule has 1 aromatic carbocycles. The summed E-state index contributed by atoms with van der Waals surface area (Å²) >= 11 is 0. The van der Waals surface area contributed by atoms with Gasteiger partial charge < -0.3 is 9.47 Å².